The number of nitro groups is 1. The van der Waals surface area contributed by atoms with E-state index in [9.17, 15) is 10.1 Å². The third kappa shape index (κ3) is 3.37. The maximum Gasteiger partial charge on any atom is 0.288 e. The Morgan fingerprint density at radius 1 is 1.76 bits per heavy atom. The van der Waals surface area contributed by atoms with E-state index < -0.39 is 4.92 Å². The van der Waals surface area contributed by atoms with E-state index in [2.05, 4.69) is 10.1 Å². The molecule has 1 aliphatic heterocycles. The van der Waals surface area contributed by atoms with E-state index in [0.717, 1.165) is 25.6 Å². The summed E-state index contributed by atoms with van der Waals surface area (Å²) in [5.41, 5.74) is 5.59. The fourth-order valence-electron chi connectivity index (χ4n) is 2.27. The topological polar surface area (TPSA) is 127 Å². The number of pyridine rings is 1. The standard InChI is InChI=1S/C12H17N5O4/c1-16(7-9-3-2-4-21-9)12-10(11(13)15-18)5-8(6-14-12)17(19)20/h5-6,9,18H,2-4,7H2,1H3,(H2,13,15). The second kappa shape index (κ2) is 6.35. The molecule has 3 N–H and O–H groups in total. The Labute approximate surface area is 121 Å². The Hall–Kier alpha value is -2.42. The summed E-state index contributed by atoms with van der Waals surface area (Å²) in [5.74, 6) is 0.187. The highest BCUT2D eigenvalue weighted by atomic mass is 16.6. The highest BCUT2D eigenvalue weighted by molar-refractivity contribution is 6.01. The first-order chi connectivity index (χ1) is 10.0. The van der Waals surface area contributed by atoms with Crippen molar-refractivity contribution in [2.75, 3.05) is 25.1 Å². The van der Waals surface area contributed by atoms with E-state index in [1.54, 1.807) is 11.9 Å². The fourth-order valence-corrected chi connectivity index (χ4v) is 2.27. The van der Waals surface area contributed by atoms with Gasteiger partial charge in [0.25, 0.3) is 5.69 Å². The van der Waals surface area contributed by atoms with Gasteiger partial charge in [-0.3, -0.25) is 10.1 Å². The minimum Gasteiger partial charge on any atom is -0.409 e. The monoisotopic (exact) mass is 295 g/mol. The molecule has 0 saturated carbocycles. The summed E-state index contributed by atoms with van der Waals surface area (Å²) in [6.07, 6.45) is 3.21. The van der Waals surface area contributed by atoms with E-state index >= 15 is 0 Å². The Morgan fingerprint density at radius 3 is 3.10 bits per heavy atom. The van der Waals surface area contributed by atoms with Gasteiger partial charge < -0.3 is 20.6 Å². The number of anilines is 1. The van der Waals surface area contributed by atoms with Gasteiger partial charge in [0.15, 0.2) is 5.84 Å². The average Bonchev–Trinajstić information content (AvgIpc) is 2.98. The minimum atomic E-state index is -0.578. The van der Waals surface area contributed by atoms with Crippen molar-refractivity contribution in [3.05, 3.63) is 27.9 Å². The number of hydrogen-bond acceptors (Lipinski definition) is 7. The molecule has 1 aromatic heterocycles. The van der Waals surface area contributed by atoms with E-state index in [4.69, 9.17) is 15.7 Å². The molecule has 1 atom stereocenters. The Morgan fingerprint density at radius 2 is 2.52 bits per heavy atom. The van der Waals surface area contributed by atoms with Crippen molar-refractivity contribution in [3.63, 3.8) is 0 Å². The molecule has 2 rings (SSSR count). The lowest BCUT2D eigenvalue weighted by Crippen LogP contribution is -2.31. The van der Waals surface area contributed by atoms with Crippen LogP contribution in [-0.2, 0) is 4.74 Å². The molecule has 0 amide bonds. The Bertz CT molecular complexity index is 557. The van der Waals surface area contributed by atoms with Crippen molar-refractivity contribution in [2.45, 2.75) is 18.9 Å². The van der Waals surface area contributed by atoms with Crippen LogP contribution in [0, 0.1) is 10.1 Å². The van der Waals surface area contributed by atoms with Gasteiger partial charge in [-0.2, -0.15) is 0 Å². The van der Waals surface area contributed by atoms with Crippen LogP contribution in [0.5, 0.6) is 0 Å². The van der Waals surface area contributed by atoms with Crippen LogP contribution < -0.4 is 10.6 Å². The summed E-state index contributed by atoms with van der Waals surface area (Å²) in [6, 6.07) is 1.24. The number of rotatable bonds is 5. The van der Waals surface area contributed by atoms with Crippen LogP contribution in [0.15, 0.2) is 17.4 Å². The first kappa shape index (κ1) is 15.0. The molecule has 114 valence electrons. The minimum absolute atomic E-state index is 0.0899. The summed E-state index contributed by atoms with van der Waals surface area (Å²) in [6.45, 7) is 1.32. The lowest BCUT2D eigenvalue weighted by Gasteiger charge is -2.23. The summed E-state index contributed by atoms with van der Waals surface area (Å²) in [5, 5.41) is 22.6. The zero-order valence-electron chi connectivity index (χ0n) is 11.6. The predicted molar refractivity (Wildman–Crippen MR) is 75.6 cm³/mol. The molecule has 1 aromatic rings. The van der Waals surface area contributed by atoms with E-state index in [0.29, 0.717) is 12.4 Å². The third-order valence-electron chi connectivity index (χ3n) is 3.31. The lowest BCUT2D eigenvalue weighted by atomic mass is 10.2. The van der Waals surface area contributed by atoms with Crippen LogP contribution in [0.3, 0.4) is 0 Å². The van der Waals surface area contributed by atoms with Gasteiger partial charge in [0.1, 0.15) is 12.0 Å². The molecule has 1 saturated heterocycles. The van der Waals surface area contributed by atoms with Crippen LogP contribution >= 0.6 is 0 Å². The van der Waals surface area contributed by atoms with Gasteiger partial charge in [-0.15, -0.1) is 0 Å². The Balaban J connectivity index is 2.30. The number of aromatic nitrogens is 1. The van der Waals surface area contributed by atoms with Crippen molar-refractivity contribution in [3.8, 4) is 0 Å². The van der Waals surface area contributed by atoms with Crippen LogP contribution in [-0.4, -0.2) is 47.3 Å². The zero-order valence-corrected chi connectivity index (χ0v) is 11.6. The van der Waals surface area contributed by atoms with Gasteiger partial charge in [-0.1, -0.05) is 5.16 Å². The van der Waals surface area contributed by atoms with Gasteiger partial charge in [0.05, 0.1) is 16.6 Å². The lowest BCUT2D eigenvalue weighted by molar-refractivity contribution is -0.385. The Kier molecular flexibility index (Phi) is 4.53. The zero-order chi connectivity index (χ0) is 15.4. The number of ether oxygens (including phenoxy) is 1. The van der Waals surface area contributed by atoms with E-state index in [1.165, 1.54) is 6.07 Å². The number of likely N-dealkylation sites (N-methyl/N-ethyl adjacent to an activating group) is 1. The molecule has 0 spiro atoms. The molecule has 0 aliphatic carbocycles. The van der Waals surface area contributed by atoms with Crippen molar-refractivity contribution in [1.82, 2.24) is 4.98 Å². The maximum absolute atomic E-state index is 10.8. The van der Waals surface area contributed by atoms with Gasteiger partial charge in [-0.25, -0.2) is 4.98 Å². The SMILES string of the molecule is CN(CC1CCCO1)c1ncc([N+](=O)[O-])cc1C(N)=NO. The molecular weight excluding hydrogens is 278 g/mol. The summed E-state index contributed by atoms with van der Waals surface area (Å²) in [7, 11) is 1.78. The number of oxime groups is 1. The van der Waals surface area contributed by atoms with Crippen LogP contribution in [0.2, 0.25) is 0 Å². The van der Waals surface area contributed by atoms with Crippen LogP contribution in [0.25, 0.3) is 0 Å². The van der Waals surface area contributed by atoms with Crippen molar-refractivity contribution >= 4 is 17.3 Å². The van der Waals surface area contributed by atoms with Gasteiger partial charge in [0.2, 0.25) is 0 Å². The largest absolute Gasteiger partial charge is 0.409 e. The van der Waals surface area contributed by atoms with Gasteiger partial charge in [0, 0.05) is 26.3 Å². The average molecular weight is 295 g/mol. The molecule has 0 aromatic carbocycles. The number of hydrogen-bond donors (Lipinski definition) is 2. The third-order valence-corrected chi connectivity index (χ3v) is 3.31. The van der Waals surface area contributed by atoms with Gasteiger partial charge >= 0.3 is 0 Å². The van der Waals surface area contributed by atoms with Crippen LogP contribution in [0.4, 0.5) is 11.5 Å². The first-order valence-corrected chi connectivity index (χ1v) is 6.48. The summed E-state index contributed by atoms with van der Waals surface area (Å²) < 4.78 is 5.55. The number of amidine groups is 1. The molecule has 0 radical (unpaired) electrons. The highest BCUT2D eigenvalue weighted by Crippen LogP contribution is 2.23. The molecule has 9 nitrogen and oxygen atoms in total. The van der Waals surface area contributed by atoms with Crippen LogP contribution in [0.1, 0.15) is 18.4 Å². The normalized spacial score (nSPS) is 18.7. The van der Waals surface area contributed by atoms with Crippen molar-refractivity contribution in [1.29, 1.82) is 0 Å². The molecule has 21 heavy (non-hydrogen) atoms. The molecular formula is C12H17N5O4. The highest BCUT2D eigenvalue weighted by Gasteiger charge is 2.22. The number of nitrogens with two attached hydrogens (primary N) is 1. The molecule has 0 bridgehead atoms. The molecule has 1 fully saturated rings. The summed E-state index contributed by atoms with van der Waals surface area (Å²) in [4.78, 5) is 16.1. The smallest absolute Gasteiger partial charge is 0.288 e. The first-order valence-electron chi connectivity index (χ1n) is 6.48. The maximum atomic E-state index is 10.8. The van der Waals surface area contributed by atoms with Crippen molar-refractivity contribution < 1.29 is 14.9 Å². The second-order valence-corrected chi connectivity index (χ2v) is 4.82. The molecule has 1 unspecified atom stereocenters. The molecule has 2 heterocycles. The predicted octanol–water partition coefficient (Wildman–Crippen LogP) is 0.699. The van der Waals surface area contributed by atoms with Gasteiger partial charge in [-0.05, 0) is 12.8 Å². The number of nitrogens with zero attached hydrogens (tertiary/aromatic N) is 4. The quantitative estimate of drug-likeness (QED) is 0.269. The fraction of sp³-hybridized carbons (Fsp3) is 0.500. The molecule has 9 heteroatoms. The van der Waals surface area contributed by atoms with E-state index in [-0.39, 0.29) is 23.2 Å². The summed E-state index contributed by atoms with van der Waals surface area (Å²) >= 11 is 0. The second-order valence-electron chi connectivity index (χ2n) is 4.82. The van der Waals surface area contributed by atoms with Crippen molar-refractivity contribution in [2.24, 2.45) is 10.9 Å². The van der Waals surface area contributed by atoms with E-state index in [1.807, 2.05) is 0 Å². The molecule has 1 aliphatic rings.